The molecule has 15 heavy (non-hydrogen) atoms. The van der Waals surface area contributed by atoms with E-state index in [-0.39, 0.29) is 0 Å². The molecule has 0 radical (unpaired) electrons. The summed E-state index contributed by atoms with van der Waals surface area (Å²) in [7, 11) is 0. The lowest BCUT2D eigenvalue weighted by Gasteiger charge is -2.07. The Bertz CT molecular complexity index is 477. The second-order valence-electron chi connectivity index (χ2n) is 3.34. The van der Waals surface area contributed by atoms with E-state index >= 15 is 0 Å². The smallest absolute Gasteiger partial charge is 0.105 e. The third kappa shape index (κ3) is 2.33. The van der Waals surface area contributed by atoms with Gasteiger partial charge in [-0.25, -0.2) is 4.98 Å². The lowest BCUT2D eigenvalue weighted by atomic mass is 10.2. The second-order valence-corrected chi connectivity index (χ2v) is 4.18. The largest absolute Gasteiger partial charge is 0.331 e. The molecule has 4 heteroatoms. The highest BCUT2D eigenvalue weighted by Gasteiger charge is 2.03. The van der Waals surface area contributed by atoms with Gasteiger partial charge in [-0.2, -0.15) is 0 Å². The first kappa shape index (κ1) is 10.5. The summed E-state index contributed by atoms with van der Waals surface area (Å²) in [5.74, 6) is 0.964. The van der Waals surface area contributed by atoms with Crippen LogP contribution in [0.2, 0.25) is 10.0 Å². The van der Waals surface area contributed by atoms with Gasteiger partial charge in [-0.3, -0.25) is 0 Å². The first-order valence-corrected chi connectivity index (χ1v) is 5.34. The molecule has 0 amide bonds. The molecular weight excluding hydrogens is 231 g/mol. The van der Waals surface area contributed by atoms with Crippen LogP contribution in [0.15, 0.2) is 30.6 Å². The van der Waals surface area contributed by atoms with Gasteiger partial charge in [-0.15, -0.1) is 0 Å². The number of hydrogen-bond acceptors (Lipinski definition) is 1. The minimum Gasteiger partial charge on any atom is -0.331 e. The zero-order chi connectivity index (χ0) is 10.8. The molecule has 0 bridgehead atoms. The highest BCUT2D eigenvalue weighted by Crippen LogP contribution is 2.21. The van der Waals surface area contributed by atoms with Gasteiger partial charge in [0.1, 0.15) is 5.82 Å². The van der Waals surface area contributed by atoms with Crippen molar-refractivity contribution in [3.05, 3.63) is 52.0 Å². The Balaban J connectivity index is 2.32. The Labute approximate surface area is 98.5 Å². The summed E-state index contributed by atoms with van der Waals surface area (Å²) in [4.78, 5) is 4.15. The van der Waals surface area contributed by atoms with Crippen LogP contribution in [0.5, 0.6) is 0 Å². The molecule has 0 atom stereocenters. The number of aryl methyl sites for hydroxylation is 1. The molecule has 0 aliphatic carbocycles. The molecule has 1 aromatic carbocycles. The van der Waals surface area contributed by atoms with Crippen LogP contribution in [0.25, 0.3) is 0 Å². The molecule has 0 unspecified atom stereocenters. The summed E-state index contributed by atoms with van der Waals surface area (Å²) < 4.78 is 2.03. The lowest BCUT2D eigenvalue weighted by Crippen LogP contribution is -2.01. The number of benzene rings is 1. The zero-order valence-corrected chi connectivity index (χ0v) is 9.76. The van der Waals surface area contributed by atoms with Crippen LogP contribution in [0, 0.1) is 6.92 Å². The van der Waals surface area contributed by atoms with Crippen LogP contribution in [-0.4, -0.2) is 9.55 Å². The van der Waals surface area contributed by atoms with Crippen LogP contribution in [0.3, 0.4) is 0 Å². The van der Waals surface area contributed by atoms with Gasteiger partial charge in [0, 0.05) is 22.4 Å². The van der Waals surface area contributed by atoms with Crippen molar-refractivity contribution in [1.82, 2.24) is 9.55 Å². The normalized spacial score (nSPS) is 10.6. The van der Waals surface area contributed by atoms with E-state index in [1.807, 2.05) is 29.8 Å². The zero-order valence-electron chi connectivity index (χ0n) is 8.24. The summed E-state index contributed by atoms with van der Waals surface area (Å²) >= 11 is 12.0. The van der Waals surface area contributed by atoms with Gasteiger partial charge in [-0.05, 0) is 30.7 Å². The molecule has 0 aliphatic heterocycles. The quantitative estimate of drug-likeness (QED) is 0.786. The average molecular weight is 241 g/mol. The minimum atomic E-state index is 0.700. The summed E-state index contributed by atoms with van der Waals surface area (Å²) in [5.41, 5.74) is 1.00. The molecule has 0 N–H and O–H groups in total. The molecule has 0 fully saturated rings. The van der Waals surface area contributed by atoms with Gasteiger partial charge in [0.15, 0.2) is 0 Å². The molecule has 0 spiro atoms. The Hall–Kier alpha value is -0.990. The fraction of sp³-hybridized carbons (Fsp3) is 0.182. The van der Waals surface area contributed by atoms with Crippen molar-refractivity contribution in [1.29, 1.82) is 0 Å². The predicted octanol–water partition coefficient (Wildman–Crippen LogP) is 3.55. The van der Waals surface area contributed by atoms with E-state index in [1.165, 1.54) is 0 Å². The molecular formula is C11H10Cl2N2. The Morgan fingerprint density at radius 1 is 1.33 bits per heavy atom. The summed E-state index contributed by atoms with van der Waals surface area (Å²) in [6.07, 6.45) is 3.69. The molecule has 2 rings (SSSR count). The van der Waals surface area contributed by atoms with Gasteiger partial charge < -0.3 is 4.57 Å². The van der Waals surface area contributed by atoms with E-state index in [2.05, 4.69) is 4.98 Å². The maximum Gasteiger partial charge on any atom is 0.105 e. The van der Waals surface area contributed by atoms with E-state index in [1.54, 1.807) is 12.3 Å². The molecule has 2 aromatic rings. The SMILES string of the molecule is Cc1nccn1Cc1cc(Cl)ccc1Cl. The van der Waals surface area contributed by atoms with E-state index < -0.39 is 0 Å². The fourth-order valence-corrected chi connectivity index (χ4v) is 1.79. The second kappa shape index (κ2) is 4.25. The molecule has 0 saturated carbocycles. The molecule has 1 aromatic heterocycles. The standard InChI is InChI=1S/C11H10Cl2N2/c1-8-14-4-5-15(8)7-9-6-10(12)2-3-11(9)13/h2-6H,7H2,1H3. The number of nitrogens with zero attached hydrogens (tertiary/aromatic N) is 2. The van der Waals surface area contributed by atoms with Crippen LogP contribution in [0.4, 0.5) is 0 Å². The number of aromatic nitrogens is 2. The number of hydrogen-bond donors (Lipinski definition) is 0. The fourth-order valence-electron chi connectivity index (χ4n) is 1.42. The predicted molar refractivity (Wildman–Crippen MR) is 62.5 cm³/mol. The Morgan fingerprint density at radius 2 is 2.13 bits per heavy atom. The molecule has 0 saturated heterocycles. The van der Waals surface area contributed by atoms with Crippen LogP contribution < -0.4 is 0 Å². The third-order valence-electron chi connectivity index (χ3n) is 2.27. The number of halogens is 2. The van der Waals surface area contributed by atoms with Crippen molar-refractivity contribution in [2.75, 3.05) is 0 Å². The topological polar surface area (TPSA) is 17.8 Å². The van der Waals surface area contributed by atoms with Crippen LogP contribution >= 0.6 is 23.2 Å². The first-order chi connectivity index (χ1) is 7.16. The molecule has 78 valence electrons. The maximum absolute atomic E-state index is 6.07. The molecule has 1 heterocycles. The minimum absolute atomic E-state index is 0.700. The van der Waals surface area contributed by atoms with Crippen LogP contribution in [0.1, 0.15) is 11.4 Å². The Kier molecular flexibility index (Phi) is 2.98. The lowest BCUT2D eigenvalue weighted by molar-refractivity contribution is 0.762. The van der Waals surface area contributed by atoms with Crippen molar-refractivity contribution in [3.63, 3.8) is 0 Å². The van der Waals surface area contributed by atoms with E-state index in [4.69, 9.17) is 23.2 Å². The highest BCUT2D eigenvalue weighted by atomic mass is 35.5. The summed E-state index contributed by atoms with van der Waals surface area (Å²) in [6.45, 7) is 2.66. The van der Waals surface area contributed by atoms with Gasteiger partial charge in [-0.1, -0.05) is 23.2 Å². The van der Waals surface area contributed by atoms with Gasteiger partial charge in [0.2, 0.25) is 0 Å². The van der Waals surface area contributed by atoms with Crippen molar-refractivity contribution in [2.24, 2.45) is 0 Å². The Morgan fingerprint density at radius 3 is 2.80 bits per heavy atom. The first-order valence-electron chi connectivity index (χ1n) is 4.58. The molecule has 0 aliphatic rings. The highest BCUT2D eigenvalue weighted by molar-refractivity contribution is 6.33. The van der Waals surface area contributed by atoms with Gasteiger partial charge in [0.05, 0.1) is 6.54 Å². The third-order valence-corrected chi connectivity index (χ3v) is 2.88. The van der Waals surface area contributed by atoms with E-state index in [0.29, 0.717) is 11.6 Å². The number of rotatable bonds is 2. The van der Waals surface area contributed by atoms with E-state index in [0.717, 1.165) is 16.4 Å². The van der Waals surface area contributed by atoms with Crippen LogP contribution in [-0.2, 0) is 6.54 Å². The maximum atomic E-state index is 6.07. The van der Waals surface area contributed by atoms with Crippen molar-refractivity contribution >= 4 is 23.2 Å². The summed E-state index contributed by atoms with van der Waals surface area (Å²) in [6, 6.07) is 5.48. The van der Waals surface area contributed by atoms with Crippen molar-refractivity contribution < 1.29 is 0 Å². The number of imidazole rings is 1. The van der Waals surface area contributed by atoms with Gasteiger partial charge >= 0.3 is 0 Å². The monoisotopic (exact) mass is 240 g/mol. The van der Waals surface area contributed by atoms with Crippen molar-refractivity contribution in [3.8, 4) is 0 Å². The van der Waals surface area contributed by atoms with Gasteiger partial charge in [0.25, 0.3) is 0 Å². The van der Waals surface area contributed by atoms with E-state index in [9.17, 15) is 0 Å². The van der Waals surface area contributed by atoms with Crippen molar-refractivity contribution in [2.45, 2.75) is 13.5 Å². The molecule has 2 nitrogen and oxygen atoms in total. The average Bonchev–Trinajstić information content (AvgIpc) is 2.58. The summed E-state index contributed by atoms with van der Waals surface area (Å²) in [5, 5.41) is 1.43.